The van der Waals surface area contributed by atoms with Gasteiger partial charge < -0.3 is 26.7 Å². The van der Waals surface area contributed by atoms with Crippen LogP contribution in [-0.4, -0.2) is 41.2 Å². The highest BCUT2D eigenvalue weighted by Gasteiger charge is 2.14. The van der Waals surface area contributed by atoms with Gasteiger partial charge in [0.15, 0.2) is 0 Å². The van der Waals surface area contributed by atoms with Crippen LogP contribution < -0.4 is 16.5 Å². The number of aliphatic hydroxyl groups is 2. The molecule has 0 amide bonds. The Labute approximate surface area is 103 Å². The standard InChI is InChI=1S/C10H16N4O2S/c11-8-7-1-2-14(10(7)17-9(8)12)13(3-5-15)4-6-16/h1-2,15-16H,3-6,11-12H2. The minimum absolute atomic E-state index is 0.0238. The summed E-state index contributed by atoms with van der Waals surface area (Å²) in [7, 11) is 0. The second kappa shape index (κ2) is 4.82. The van der Waals surface area contributed by atoms with Crippen LogP contribution in [0.1, 0.15) is 0 Å². The zero-order chi connectivity index (χ0) is 12.4. The zero-order valence-corrected chi connectivity index (χ0v) is 10.2. The van der Waals surface area contributed by atoms with Gasteiger partial charge in [0.2, 0.25) is 0 Å². The Kier molecular flexibility index (Phi) is 3.41. The van der Waals surface area contributed by atoms with Crippen LogP contribution in [-0.2, 0) is 0 Å². The number of thiophene rings is 1. The first-order valence-electron chi connectivity index (χ1n) is 5.30. The molecule has 2 aromatic rings. The van der Waals surface area contributed by atoms with Crippen molar-refractivity contribution in [2.24, 2.45) is 0 Å². The van der Waals surface area contributed by atoms with Crippen LogP contribution in [0.25, 0.3) is 10.2 Å². The molecule has 0 atom stereocenters. The van der Waals surface area contributed by atoms with Gasteiger partial charge in [-0.3, -0.25) is 4.68 Å². The van der Waals surface area contributed by atoms with Gasteiger partial charge in [-0.15, -0.1) is 0 Å². The van der Waals surface area contributed by atoms with Gasteiger partial charge in [0.25, 0.3) is 0 Å². The van der Waals surface area contributed by atoms with Crippen LogP contribution in [0.4, 0.5) is 10.7 Å². The lowest BCUT2D eigenvalue weighted by molar-refractivity contribution is 0.266. The smallest absolute Gasteiger partial charge is 0.126 e. The number of rotatable bonds is 5. The molecular weight excluding hydrogens is 240 g/mol. The maximum Gasteiger partial charge on any atom is 0.126 e. The Morgan fingerprint density at radius 2 is 1.88 bits per heavy atom. The van der Waals surface area contributed by atoms with Crippen LogP contribution >= 0.6 is 11.3 Å². The Bertz CT molecular complexity index is 502. The van der Waals surface area contributed by atoms with E-state index in [1.807, 2.05) is 21.9 Å². The van der Waals surface area contributed by atoms with Gasteiger partial charge in [0.1, 0.15) is 9.83 Å². The van der Waals surface area contributed by atoms with Crippen LogP contribution in [0.5, 0.6) is 0 Å². The van der Waals surface area contributed by atoms with Crippen molar-refractivity contribution in [1.29, 1.82) is 0 Å². The molecule has 0 aliphatic heterocycles. The number of fused-ring (bicyclic) bond motifs is 1. The molecule has 0 spiro atoms. The maximum atomic E-state index is 9.01. The van der Waals surface area contributed by atoms with Gasteiger partial charge in [-0.1, -0.05) is 11.3 Å². The number of hydrogen-bond acceptors (Lipinski definition) is 6. The van der Waals surface area contributed by atoms with Crippen LogP contribution in [0.2, 0.25) is 0 Å². The van der Waals surface area contributed by atoms with Gasteiger partial charge in [0, 0.05) is 11.6 Å². The fraction of sp³-hybridized carbons (Fsp3) is 0.400. The van der Waals surface area contributed by atoms with Crippen molar-refractivity contribution in [3.8, 4) is 0 Å². The fourth-order valence-corrected chi connectivity index (χ4v) is 2.77. The number of nitrogens with zero attached hydrogens (tertiary/aromatic N) is 2. The molecule has 6 N–H and O–H groups in total. The summed E-state index contributed by atoms with van der Waals surface area (Å²) in [6, 6.07) is 1.89. The number of aliphatic hydroxyl groups excluding tert-OH is 2. The Morgan fingerprint density at radius 3 is 2.47 bits per heavy atom. The Morgan fingerprint density at radius 1 is 1.24 bits per heavy atom. The van der Waals surface area contributed by atoms with E-state index in [0.717, 1.165) is 10.2 Å². The third-order valence-corrected chi connectivity index (χ3v) is 3.64. The predicted molar refractivity (Wildman–Crippen MR) is 70.8 cm³/mol. The highest BCUT2D eigenvalue weighted by atomic mass is 32.1. The van der Waals surface area contributed by atoms with Crippen molar-refractivity contribution in [2.45, 2.75) is 0 Å². The molecule has 2 heterocycles. The zero-order valence-electron chi connectivity index (χ0n) is 9.33. The molecule has 0 saturated heterocycles. The molecule has 6 nitrogen and oxygen atoms in total. The molecule has 0 unspecified atom stereocenters. The second-order valence-corrected chi connectivity index (χ2v) is 4.69. The van der Waals surface area contributed by atoms with Gasteiger partial charge in [0.05, 0.1) is 32.0 Å². The average molecular weight is 256 g/mol. The molecule has 0 saturated carbocycles. The van der Waals surface area contributed by atoms with Gasteiger partial charge >= 0.3 is 0 Å². The number of hydrogen-bond donors (Lipinski definition) is 4. The molecule has 0 fully saturated rings. The number of aromatic nitrogens is 1. The van der Waals surface area contributed by atoms with Crippen molar-refractivity contribution < 1.29 is 10.2 Å². The first kappa shape index (κ1) is 12.0. The molecule has 2 rings (SSSR count). The largest absolute Gasteiger partial charge is 0.396 e. The molecule has 0 radical (unpaired) electrons. The summed E-state index contributed by atoms with van der Waals surface area (Å²) in [4.78, 5) is 0.932. The summed E-state index contributed by atoms with van der Waals surface area (Å²) in [6.45, 7) is 0.941. The number of nitrogens with two attached hydrogens (primary N) is 2. The Hall–Kier alpha value is -1.44. The predicted octanol–water partition coefficient (Wildman–Crippen LogP) is -0.210. The van der Waals surface area contributed by atoms with Gasteiger partial charge in [-0.25, -0.2) is 0 Å². The van der Waals surface area contributed by atoms with Crippen LogP contribution in [0, 0.1) is 0 Å². The number of nitrogen functional groups attached to an aromatic ring is 2. The van der Waals surface area contributed by atoms with Gasteiger partial charge in [-0.2, -0.15) is 0 Å². The molecule has 0 bridgehead atoms. The second-order valence-electron chi connectivity index (χ2n) is 3.66. The molecule has 0 aliphatic carbocycles. The van der Waals surface area contributed by atoms with Crippen molar-refractivity contribution >= 4 is 32.2 Å². The van der Waals surface area contributed by atoms with Crippen LogP contribution in [0.15, 0.2) is 12.3 Å². The van der Waals surface area contributed by atoms with Gasteiger partial charge in [-0.05, 0) is 6.07 Å². The third kappa shape index (κ3) is 2.04. The first-order chi connectivity index (χ1) is 8.19. The summed E-state index contributed by atoms with van der Waals surface area (Å²) in [5.41, 5.74) is 12.2. The molecule has 94 valence electrons. The summed E-state index contributed by atoms with van der Waals surface area (Å²) in [5, 5.41) is 21.4. The molecule has 17 heavy (non-hydrogen) atoms. The topological polar surface area (TPSA) is 101 Å². The third-order valence-electron chi connectivity index (χ3n) is 2.60. The lowest BCUT2D eigenvalue weighted by Crippen LogP contribution is -2.38. The quantitative estimate of drug-likeness (QED) is 0.593. The van der Waals surface area contributed by atoms with Crippen LogP contribution in [0.3, 0.4) is 0 Å². The van der Waals surface area contributed by atoms with E-state index in [1.165, 1.54) is 11.3 Å². The maximum absolute atomic E-state index is 9.01. The fourth-order valence-electron chi connectivity index (χ4n) is 1.79. The van der Waals surface area contributed by atoms with E-state index >= 15 is 0 Å². The van der Waals surface area contributed by atoms with E-state index in [0.29, 0.717) is 23.8 Å². The molecule has 0 aliphatic rings. The van der Waals surface area contributed by atoms with E-state index in [1.54, 1.807) is 0 Å². The minimum Gasteiger partial charge on any atom is -0.396 e. The lowest BCUT2D eigenvalue weighted by atomic mass is 10.3. The molecular formula is C10H16N4O2S. The first-order valence-corrected chi connectivity index (χ1v) is 6.12. The van der Waals surface area contributed by atoms with E-state index < -0.39 is 0 Å². The van der Waals surface area contributed by atoms with E-state index in [2.05, 4.69) is 0 Å². The SMILES string of the molecule is Nc1sc2c(ccn2N(CCO)CCO)c1N. The number of anilines is 2. The van der Waals surface area contributed by atoms with Crippen molar-refractivity contribution in [3.05, 3.63) is 12.3 Å². The highest BCUT2D eigenvalue weighted by molar-refractivity contribution is 7.23. The van der Waals surface area contributed by atoms with Crippen molar-refractivity contribution in [2.75, 3.05) is 42.8 Å². The minimum atomic E-state index is 0.0238. The monoisotopic (exact) mass is 256 g/mol. The summed E-state index contributed by atoms with van der Waals surface area (Å²) < 4.78 is 1.87. The summed E-state index contributed by atoms with van der Waals surface area (Å²) in [6.07, 6.45) is 1.86. The highest BCUT2D eigenvalue weighted by Crippen LogP contribution is 2.36. The normalized spacial score (nSPS) is 11.2. The Balaban J connectivity index is 2.42. The summed E-state index contributed by atoms with van der Waals surface area (Å²) >= 11 is 1.40. The van der Waals surface area contributed by atoms with E-state index in [-0.39, 0.29) is 13.2 Å². The molecule has 0 aromatic carbocycles. The van der Waals surface area contributed by atoms with E-state index in [4.69, 9.17) is 21.7 Å². The summed E-state index contributed by atoms with van der Waals surface area (Å²) in [5.74, 6) is 0. The molecule has 2 aromatic heterocycles. The molecule has 7 heteroatoms. The van der Waals surface area contributed by atoms with E-state index in [9.17, 15) is 0 Å². The van der Waals surface area contributed by atoms with Crippen molar-refractivity contribution in [1.82, 2.24) is 4.68 Å². The average Bonchev–Trinajstić information content (AvgIpc) is 2.81. The lowest BCUT2D eigenvalue weighted by Gasteiger charge is -2.24. The van der Waals surface area contributed by atoms with Crippen molar-refractivity contribution in [3.63, 3.8) is 0 Å².